The van der Waals surface area contributed by atoms with Gasteiger partial charge in [-0.1, -0.05) is 116 Å². The standard InChI is InChI=1S/C37H69NO6/c1-2-3-4-5-6-7-8-9-10-11-12-13-14-15-16-17-18-19-20-24-31-38(32-25-21-28-35(39)40,33-26-22-29-36(41)42)34-27-23-30-37(43)44/h24,31H,2-23,25-30,32-34H2,1H3,(H2-,39,40,41,42,43,44)/b31-24+. The third-order valence-corrected chi connectivity index (χ3v) is 8.87. The molecule has 0 heterocycles. The second kappa shape index (κ2) is 31.1. The van der Waals surface area contributed by atoms with E-state index >= 15 is 0 Å². The third kappa shape index (κ3) is 30.1. The summed E-state index contributed by atoms with van der Waals surface area (Å²) in [6.45, 7) is 4.64. The predicted octanol–water partition coefficient (Wildman–Crippen LogP) is 9.18. The molecule has 0 saturated carbocycles. The van der Waals surface area contributed by atoms with Gasteiger partial charge in [-0.25, -0.2) is 0 Å². The van der Waals surface area contributed by atoms with Crippen molar-refractivity contribution in [1.82, 2.24) is 0 Å². The topological polar surface area (TPSA) is 115 Å². The number of allylic oxidation sites excluding steroid dienone is 1. The minimum Gasteiger partial charge on any atom is -0.550 e. The number of rotatable bonds is 35. The zero-order valence-corrected chi connectivity index (χ0v) is 28.5. The number of carboxylic acids is 3. The first-order valence-corrected chi connectivity index (χ1v) is 18.5. The summed E-state index contributed by atoms with van der Waals surface area (Å²) in [4.78, 5) is 32.9. The van der Waals surface area contributed by atoms with E-state index in [1.807, 2.05) is 0 Å². The van der Waals surface area contributed by atoms with Gasteiger partial charge in [0.25, 0.3) is 0 Å². The first-order valence-electron chi connectivity index (χ1n) is 18.5. The normalized spacial score (nSPS) is 11.8. The quantitative estimate of drug-likeness (QED) is 0.0537. The number of hydrogen-bond donors (Lipinski definition) is 2. The van der Waals surface area contributed by atoms with E-state index in [9.17, 15) is 19.5 Å². The van der Waals surface area contributed by atoms with Gasteiger partial charge in [0, 0.05) is 18.8 Å². The molecule has 0 aromatic rings. The van der Waals surface area contributed by atoms with Gasteiger partial charge in [-0.3, -0.25) is 14.1 Å². The van der Waals surface area contributed by atoms with Gasteiger partial charge in [0.15, 0.2) is 0 Å². The van der Waals surface area contributed by atoms with Crippen LogP contribution in [0.2, 0.25) is 0 Å². The average Bonchev–Trinajstić information content (AvgIpc) is 2.98. The Morgan fingerprint density at radius 3 is 1.18 bits per heavy atom. The highest BCUT2D eigenvalue weighted by atomic mass is 16.4. The fraction of sp³-hybridized carbons (Fsp3) is 0.865. The van der Waals surface area contributed by atoms with Gasteiger partial charge in [-0.05, 0) is 63.9 Å². The smallest absolute Gasteiger partial charge is 0.303 e. The Kier molecular flexibility index (Phi) is 29.8. The van der Waals surface area contributed by atoms with Crippen molar-refractivity contribution in [3.05, 3.63) is 12.3 Å². The van der Waals surface area contributed by atoms with E-state index in [4.69, 9.17) is 10.2 Å². The van der Waals surface area contributed by atoms with Crippen molar-refractivity contribution in [3.63, 3.8) is 0 Å². The molecule has 0 rings (SSSR count). The minimum absolute atomic E-state index is 0.0427. The summed E-state index contributed by atoms with van der Waals surface area (Å²) in [7, 11) is 0. The number of aliphatic carboxylic acids is 3. The molecule has 0 aromatic heterocycles. The van der Waals surface area contributed by atoms with Crippen molar-refractivity contribution in [2.75, 3.05) is 19.6 Å². The molecule has 0 spiro atoms. The largest absolute Gasteiger partial charge is 0.550 e. The summed E-state index contributed by atoms with van der Waals surface area (Å²) in [5, 5.41) is 29.0. The summed E-state index contributed by atoms with van der Waals surface area (Å²) < 4.78 is 0.672. The van der Waals surface area contributed by atoms with E-state index in [1.54, 1.807) is 0 Å². The van der Waals surface area contributed by atoms with E-state index in [0.717, 1.165) is 51.7 Å². The average molecular weight is 624 g/mol. The van der Waals surface area contributed by atoms with E-state index in [0.29, 0.717) is 23.7 Å². The van der Waals surface area contributed by atoms with Crippen LogP contribution >= 0.6 is 0 Å². The maximum absolute atomic E-state index is 11.0. The highest BCUT2D eigenvalue weighted by Gasteiger charge is 2.24. The van der Waals surface area contributed by atoms with Gasteiger partial charge >= 0.3 is 11.9 Å². The molecule has 0 radical (unpaired) electrons. The Morgan fingerprint density at radius 2 is 0.841 bits per heavy atom. The summed E-state index contributed by atoms with van der Waals surface area (Å²) in [5.74, 6) is -2.61. The second-order valence-corrected chi connectivity index (χ2v) is 13.1. The predicted molar refractivity (Wildman–Crippen MR) is 179 cm³/mol. The van der Waals surface area contributed by atoms with Crippen molar-refractivity contribution in [2.45, 2.75) is 187 Å². The molecule has 0 aliphatic carbocycles. The van der Waals surface area contributed by atoms with Crippen molar-refractivity contribution in [1.29, 1.82) is 0 Å². The molecule has 0 aliphatic heterocycles. The Bertz CT molecular complexity index is 668. The van der Waals surface area contributed by atoms with Crippen LogP contribution in [0.5, 0.6) is 0 Å². The van der Waals surface area contributed by atoms with Crippen LogP contribution in [0.15, 0.2) is 12.3 Å². The van der Waals surface area contributed by atoms with Crippen LogP contribution in [0.4, 0.5) is 0 Å². The molecule has 0 saturated heterocycles. The van der Waals surface area contributed by atoms with Crippen molar-refractivity contribution >= 4 is 17.9 Å². The lowest BCUT2D eigenvalue weighted by Gasteiger charge is -2.35. The first kappa shape index (κ1) is 42.1. The highest BCUT2D eigenvalue weighted by molar-refractivity contribution is 5.66. The Labute approximate surface area is 270 Å². The zero-order valence-electron chi connectivity index (χ0n) is 28.5. The van der Waals surface area contributed by atoms with Crippen LogP contribution in [0.25, 0.3) is 0 Å². The molecule has 0 aliphatic rings. The van der Waals surface area contributed by atoms with E-state index in [-0.39, 0.29) is 19.3 Å². The SMILES string of the molecule is CCCCCCCCCCCCCCCCCCCC/C=C/[N+](CCCCC(=O)[O-])(CCCCC(=O)O)CCCCC(=O)O. The fourth-order valence-electron chi connectivity index (χ4n) is 6.12. The summed E-state index contributed by atoms with van der Waals surface area (Å²) in [6.07, 6.45) is 34.4. The van der Waals surface area contributed by atoms with Gasteiger partial charge in [-0.15, -0.1) is 0 Å². The number of unbranched alkanes of at least 4 members (excludes halogenated alkanes) is 21. The molecule has 2 N–H and O–H groups in total. The van der Waals surface area contributed by atoms with E-state index < -0.39 is 17.9 Å². The number of carboxylic acid groups (broad SMARTS) is 3. The number of quaternary nitrogens is 1. The second-order valence-electron chi connectivity index (χ2n) is 13.1. The molecule has 0 aromatic carbocycles. The van der Waals surface area contributed by atoms with Crippen LogP contribution in [0.3, 0.4) is 0 Å². The Balaban J connectivity index is 4.30. The molecule has 44 heavy (non-hydrogen) atoms. The molecule has 258 valence electrons. The lowest BCUT2D eigenvalue weighted by molar-refractivity contribution is -0.880. The minimum atomic E-state index is -1.03. The lowest BCUT2D eigenvalue weighted by atomic mass is 10.0. The number of carbonyl (C=O) groups is 3. The van der Waals surface area contributed by atoms with Gasteiger partial charge in [-0.2, -0.15) is 0 Å². The third-order valence-electron chi connectivity index (χ3n) is 8.87. The van der Waals surface area contributed by atoms with Gasteiger partial charge in [0.1, 0.15) is 0 Å². The van der Waals surface area contributed by atoms with Gasteiger partial charge in [0.05, 0.1) is 25.8 Å². The van der Waals surface area contributed by atoms with Crippen LogP contribution in [0, 0.1) is 0 Å². The van der Waals surface area contributed by atoms with Crippen LogP contribution in [-0.2, 0) is 14.4 Å². The fourth-order valence-corrected chi connectivity index (χ4v) is 6.12. The maximum atomic E-state index is 11.0. The van der Waals surface area contributed by atoms with Crippen LogP contribution < -0.4 is 5.11 Å². The van der Waals surface area contributed by atoms with E-state index in [2.05, 4.69) is 19.2 Å². The summed E-state index contributed by atoms with van der Waals surface area (Å²) in [6, 6.07) is 0. The molecule has 7 nitrogen and oxygen atoms in total. The molecular weight excluding hydrogens is 554 g/mol. The van der Waals surface area contributed by atoms with Crippen LogP contribution in [0.1, 0.15) is 187 Å². The van der Waals surface area contributed by atoms with E-state index in [1.165, 1.54) is 109 Å². The first-order chi connectivity index (χ1) is 21.3. The zero-order chi connectivity index (χ0) is 32.6. The molecule has 7 heteroatoms. The number of carbonyl (C=O) groups excluding carboxylic acids is 1. The Morgan fingerprint density at radius 1 is 0.500 bits per heavy atom. The van der Waals surface area contributed by atoms with Crippen LogP contribution in [-0.4, -0.2) is 52.2 Å². The summed E-state index contributed by atoms with van der Waals surface area (Å²) >= 11 is 0. The molecule has 0 unspecified atom stereocenters. The molecule has 0 bridgehead atoms. The van der Waals surface area contributed by atoms with Crippen molar-refractivity contribution in [3.8, 4) is 0 Å². The number of hydrogen-bond acceptors (Lipinski definition) is 4. The van der Waals surface area contributed by atoms with Crippen molar-refractivity contribution < 1.29 is 34.2 Å². The number of nitrogens with zero attached hydrogens (tertiary/aromatic N) is 1. The molecular formula is C37H69NO6. The van der Waals surface area contributed by atoms with Gasteiger partial charge in [0.2, 0.25) is 0 Å². The van der Waals surface area contributed by atoms with Crippen molar-refractivity contribution in [2.24, 2.45) is 0 Å². The monoisotopic (exact) mass is 624 g/mol. The summed E-state index contributed by atoms with van der Waals surface area (Å²) in [5.41, 5.74) is 0. The molecule has 0 fully saturated rings. The highest BCUT2D eigenvalue weighted by Crippen LogP contribution is 2.19. The molecule has 0 atom stereocenters. The lowest BCUT2D eigenvalue weighted by Crippen LogP contribution is -2.45. The maximum Gasteiger partial charge on any atom is 0.303 e. The Hall–Kier alpha value is -1.89. The molecule has 0 amide bonds. The van der Waals surface area contributed by atoms with Gasteiger partial charge < -0.3 is 20.1 Å².